The van der Waals surface area contributed by atoms with E-state index in [2.05, 4.69) is 26.2 Å². The predicted molar refractivity (Wildman–Crippen MR) is 92.6 cm³/mol. The monoisotopic (exact) mass is 327 g/mol. The van der Waals surface area contributed by atoms with Crippen LogP contribution < -0.4 is 4.90 Å². The number of rotatable bonds is 2. The molecule has 2 aromatic rings. The highest BCUT2D eigenvalue weighted by Gasteiger charge is 2.31. The van der Waals surface area contributed by atoms with E-state index >= 15 is 0 Å². The largest absolute Gasteiger partial charge is 0.356 e. The molecule has 0 aliphatic carbocycles. The number of fused-ring (bicyclic) bond motifs is 1. The Bertz CT molecular complexity index is 685. The number of carbonyl (C=O) groups excluding carboxylic acids is 1. The Labute approximate surface area is 140 Å². The summed E-state index contributed by atoms with van der Waals surface area (Å²) in [6, 6.07) is 8.14. The topological polar surface area (TPSA) is 36.4 Å². The van der Waals surface area contributed by atoms with E-state index in [1.54, 1.807) is 0 Å². The third-order valence-corrected chi connectivity index (χ3v) is 5.89. The maximum atomic E-state index is 12.9. The van der Waals surface area contributed by atoms with E-state index in [1.165, 1.54) is 10.4 Å². The van der Waals surface area contributed by atoms with Gasteiger partial charge in [0.2, 0.25) is 5.91 Å². The average molecular weight is 327 g/mol. The molecule has 4 heterocycles. The molecule has 1 atom stereocenters. The standard InChI is InChI=1S/C18H21N3OS/c22-18(21-10-6-16-14(12-21)7-11-23-16)15-4-3-9-20(13-15)17-5-1-2-8-19-17/h1-2,5,7-8,11,15H,3-4,6,9-10,12-13H2. The summed E-state index contributed by atoms with van der Waals surface area (Å²) >= 11 is 1.82. The van der Waals surface area contributed by atoms with Crippen molar-refractivity contribution >= 4 is 23.1 Å². The van der Waals surface area contributed by atoms with Crippen LogP contribution >= 0.6 is 11.3 Å². The van der Waals surface area contributed by atoms with E-state index in [0.717, 1.165) is 51.3 Å². The Morgan fingerprint density at radius 3 is 3.09 bits per heavy atom. The van der Waals surface area contributed by atoms with E-state index in [0.29, 0.717) is 5.91 Å². The first-order chi connectivity index (χ1) is 11.3. The zero-order chi connectivity index (χ0) is 15.6. The quantitative estimate of drug-likeness (QED) is 0.851. The van der Waals surface area contributed by atoms with Crippen molar-refractivity contribution in [2.75, 3.05) is 24.5 Å². The summed E-state index contributed by atoms with van der Waals surface area (Å²) in [4.78, 5) is 23.1. The number of hydrogen-bond acceptors (Lipinski definition) is 4. The lowest BCUT2D eigenvalue weighted by molar-refractivity contribution is -0.136. The van der Waals surface area contributed by atoms with Gasteiger partial charge in [0.25, 0.3) is 0 Å². The summed E-state index contributed by atoms with van der Waals surface area (Å²) < 4.78 is 0. The molecule has 0 N–H and O–H groups in total. The van der Waals surface area contributed by atoms with E-state index in [1.807, 2.05) is 35.7 Å². The van der Waals surface area contributed by atoms with Crippen LogP contribution in [-0.2, 0) is 17.8 Å². The number of nitrogens with zero attached hydrogens (tertiary/aromatic N) is 3. The number of anilines is 1. The molecule has 1 saturated heterocycles. The van der Waals surface area contributed by atoms with Gasteiger partial charge in [0, 0.05) is 37.3 Å². The highest BCUT2D eigenvalue weighted by Crippen LogP contribution is 2.28. The smallest absolute Gasteiger partial charge is 0.227 e. The molecule has 5 heteroatoms. The molecule has 0 radical (unpaired) electrons. The van der Waals surface area contributed by atoms with Gasteiger partial charge in [0.1, 0.15) is 5.82 Å². The van der Waals surface area contributed by atoms with Gasteiger partial charge in [0.15, 0.2) is 0 Å². The third kappa shape index (κ3) is 2.98. The third-order valence-electron chi connectivity index (χ3n) is 4.86. The summed E-state index contributed by atoms with van der Waals surface area (Å²) in [6.45, 7) is 3.45. The number of hydrogen-bond donors (Lipinski definition) is 0. The van der Waals surface area contributed by atoms with Crippen LogP contribution in [0.1, 0.15) is 23.3 Å². The molecule has 1 unspecified atom stereocenters. The fourth-order valence-corrected chi connectivity index (χ4v) is 4.51. The molecule has 2 aliphatic heterocycles. The second-order valence-corrected chi connectivity index (χ2v) is 7.35. The van der Waals surface area contributed by atoms with E-state index in [-0.39, 0.29) is 5.92 Å². The zero-order valence-corrected chi connectivity index (χ0v) is 14.0. The lowest BCUT2D eigenvalue weighted by Gasteiger charge is -2.36. The van der Waals surface area contributed by atoms with E-state index < -0.39 is 0 Å². The molecular formula is C18H21N3OS. The second kappa shape index (κ2) is 6.32. The number of pyridine rings is 1. The van der Waals surface area contributed by atoms with Crippen molar-refractivity contribution in [1.29, 1.82) is 0 Å². The van der Waals surface area contributed by atoms with Crippen molar-refractivity contribution in [3.05, 3.63) is 46.3 Å². The SMILES string of the molecule is O=C(C1CCCN(c2ccccn2)C1)N1CCc2sccc2C1. The molecule has 2 aliphatic rings. The van der Waals surface area contributed by atoms with Gasteiger partial charge in [-0.15, -0.1) is 11.3 Å². The van der Waals surface area contributed by atoms with Gasteiger partial charge >= 0.3 is 0 Å². The summed E-state index contributed by atoms with van der Waals surface area (Å²) in [5.41, 5.74) is 1.34. The lowest BCUT2D eigenvalue weighted by atomic mass is 9.95. The number of amides is 1. The van der Waals surface area contributed by atoms with Crippen molar-refractivity contribution in [1.82, 2.24) is 9.88 Å². The van der Waals surface area contributed by atoms with Gasteiger partial charge in [-0.3, -0.25) is 4.79 Å². The normalized spacial score (nSPS) is 21.1. The first-order valence-electron chi connectivity index (χ1n) is 8.31. The lowest BCUT2D eigenvalue weighted by Crippen LogP contribution is -2.46. The van der Waals surface area contributed by atoms with Gasteiger partial charge in [0.05, 0.1) is 5.92 Å². The minimum atomic E-state index is 0.103. The highest BCUT2D eigenvalue weighted by molar-refractivity contribution is 7.10. The Kier molecular flexibility index (Phi) is 4.04. The molecule has 4 nitrogen and oxygen atoms in total. The van der Waals surface area contributed by atoms with Crippen LogP contribution in [0, 0.1) is 5.92 Å². The minimum absolute atomic E-state index is 0.103. The van der Waals surface area contributed by atoms with Crippen LogP contribution in [0.15, 0.2) is 35.8 Å². The van der Waals surface area contributed by atoms with Gasteiger partial charge < -0.3 is 9.80 Å². The number of aromatic nitrogens is 1. The first kappa shape index (κ1) is 14.7. The van der Waals surface area contributed by atoms with Crippen molar-refractivity contribution < 1.29 is 4.79 Å². The van der Waals surface area contributed by atoms with Crippen LogP contribution in [0.2, 0.25) is 0 Å². The predicted octanol–water partition coefficient (Wildman–Crippen LogP) is 2.94. The van der Waals surface area contributed by atoms with Crippen molar-refractivity contribution in [2.24, 2.45) is 5.92 Å². The summed E-state index contributed by atoms with van der Waals surface area (Å²) in [5.74, 6) is 1.41. The van der Waals surface area contributed by atoms with Crippen LogP contribution in [0.3, 0.4) is 0 Å². The van der Waals surface area contributed by atoms with Crippen LogP contribution in [0.5, 0.6) is 0 Å². The van der Waals surface area contributed by atoms with Gasteiger partial charge in [-0.25, -0.2) is 4.98 Å². The Morgan fingerprint density at radius 2 is 2.22 bits per heavy atom. The molecule has 0 aromatic carbocycles. The summed E-state index contributed by atoms with van der Waals surface area (Å²) in [6.07, 6.45) is 4.89. The fourth-order valence-electron chi connectivity index (χ4n) is 3.62. The molecule has 1 fully saturated rings. The fraction of sp³-hybridized carbons (Fsp3) is 0.444. The Hall–Kier alpha value is -1.88. The van der Waals surface area contributed by atoms with Gasteiger partial charge in [-0.2, -0.15) is 0 Å². The molecule has 23 heavy (non-hydrogen) atoms. The average Bonchev–Trinajstić information content (AvgIpc) is 3.09. The Balaban J connectivity index is 1.44. The van der Waals surface area contributed by atoms with E-state index in [4.69, 9.17) is 0 Å². The number of piperidine rings is 1. The van der Waals surface area contributed by atoms with Gasteiger partial charge in [-0.1, -0.05) is 6.07 Å². The second-order valence-electron chi connectivity index (χ2n) is 6.35. The Morgan fingerprint density at radius 1 is 1.26 bits per heavy atom. The van der Waals surface area contributed by atoms with Gasteiger partial charge in [-0.05, 0) is 48.4 Å². The molecule has 0 saturated carbocycles. The highest BCUT2D eigenvalue weighted by atomic mass is 32.1. The molecule has 0 spiro atoms. The molecule has 2 aromatic heterocycles. The molecule has 1 amide bonds. The minimum Gasteiger partial charge on any atom is -0.356 e. The van der Waals surface area contributed by atoms with Crippen molar-refractivity contribution in [3.63, 3.8) is 0 Å². The molecule has 4 rings (SSSR count). The van der Waals surface area contributed by atoms with Crippen LogP contribution in [-0.4, -0.2) is 35.4 Å². The van der Waals surface area contributed by atoms with Crippen molar-refractivity contribution in [2.45, 2.75) is 25.8 Å². The number of thiophene rings is 1. The molecular weight excluding hydrogens is 306 g/mol. The molecule has 120 valence electrons. The number of carbonyl (C=O) groups is 1. The summed E-state index contributed by atoms with van der Waals surface area (Å²) in [5, 5.41) is 2.14. The zero-order valence-electron chi connectivity index (χ0n) is 13.1. The maximum Gasteiger partial charge on any atom is 0.227 e. The van der Waals surface area contributed by atoms with E-state index in [9.17, 15) is 4.79 Å². The maximum absolute atomic E-state index is 12.9. The van der Waals surface area contributed by atoms with Crippen LogP contribution in [0.4, 0.5) is 5.82 Å². The molecule has 0 bridgehead atoms. The summed E-state index contributed by atoms with van der Waals surface area (Å²) in [7, 11) is 0. The first-order valence-corrected chi connectivity index (χ1v) is 9.19. The van der Waals surface area contributed by atoms with Crippen molar-refractivity contribution in [3.8, 4) is 0 Å². The van der Waals surface area contributed by atoms with Crippen LogP contribution in [0.25, 0.3) is 0 Å².